The van der Waals surface area contributed by atoms with Gasteiger partial charge in [-0.3, -0.25) is 4.79 Å². The summed E-state index contributed by atoms with van der Waals surface area (Å²) < 4.78 is 5.69. The Balaban J connectivity index is 1.98. The molecule has 0 aromatic heterocycles. The van der Waals surface area contributed by atoms with Crippen LogP contribution in [0.15, 0.2) is 11.8 Å². The second-order valence-corrected chi connectivity index (χ2v) is 4.80. The third kappa shape index (κ3) is 1.70. The van der Waals surface area contributed by atoms with Gasteiger partial charge in [0.05, 0.1) is 6.61 Å². The van der Waals surface area contributed by atoms with Gasteiger partial charge in [-0.15, -0.1) is 0 Å². The van der Waals surface area contributed by atoms with Gasteiger partial charge in [0, 0.05) is 17.9 Å². The quantitative estimate of drug-likeness (QED) is 0.690. The highest BCUT2D eigenvalue weighted by atomic mass is 16.5. The Morgan fingerprint density at radius 2 is 2.14 bits per heavy atom. The van der Waals surface area contributed by atoms with Crippen LogP contribution >= 0.6 is 0 Å². The molecule has 0 N–H and O–H groups in total. The average Bonchev–Trinajstić information content (AvgIpc) is 2.67. The van der Waals surface area contributed by atoms with Crippen molar-refractivity contribution in [2.45, 2.75) is 33.1 Å². The Labute approximate surface area is 85.3 Å². The highest BCUT2D eigenvalue weighted by Crippen LogP contribution is 2.42. The lowest BCUT2D eigenvalue weighted by Crippen LogP contribution is -2.12. The molecule has 1 fully saturated rings. The number of hydrogen-bond acceptors (Lipinski definition) is 2. The number of fused-ring (bicyclic) bond motifs is 1. The number of allylic oxidation sites excluding steroid dienone is 2. The summed E-state index contributed by atoms with van der Waals surface area (Å²) >= 11 is 0. The number of hydrogen-bond donors (Lipinski definition) is 0. The third-order valence-electron chi connectivity index (χ3n) is 3.11. The molecule has 1 saturated carbocycles. The topological polar surface area (TPSA) is 26.3 Å². The van der Waals surface area contributed by atoms with Crippen molar-refractivity contribution >= 4 is 5.78 Å². The minimum absolute atomic E-state index is 0.261. The molecule has 2 unspecified atom stereocenters. The molecule has 0 aliphatic heterocycles. The van der Waals surface area contributed by atoms with Crippen LogP contribution in [0.4, 0.5) is 0 Å². The normalized spacial score (nSPS) is 30.8. The standard InChI is InChI=1S/C12H18O2/c1-8(2)7-14-12-6-11(13)9-4-3-5-10(9)12/h6,8-10H,3-5,7H2,1-2H3. The van der Waals surface area contributed by atoms with Gasteiger partial charge in [0.25, 0.3) is 0 Å². The lowest BCUT2D eigenvalue weighted by molar-refractivity contribution is -0.117. The number of carbonyl (C=O) groups excluding carboxylic acids is 1. The summed E-state index contributed by atoms with van der Waals surface area (Å²) in [5.41, 5.74) is 0. The lowest BCUT2D eigenvalue weighted by atomic mass is 9.98. The van der Waals surface area contributed by atoms with Crippen LogP contribution in [-0.2, 0) is 9.53 Å². The molecule has 2 atom stereocenters. The molecule has 78 valence electrons. The predicted octanol–water partition coefficient (Wildman–Crippen LogP) is 2.54. The summed E-state index contributed by atoms with van der Waals surface area (Å²) in [6, 6.07) is 0. The largest absolute Gasteiger partial charge is 0.497 e. The van der Waals surface area contributed by atoms with Crippen LogP contribution < -0.4 is 0 Å². The molecule has 0 radical (unpaired) electrons. The van der Waals surface area contributed by atoms with Crippen LogP contribution in [0, 0.1) is 17.8 Å². The van der Waals surface area contributed by atoms with Crippen molar-refractivity contribution < 1.29 is 9.53 Å². The summed E-state index contributed by atoms with van der Waals surface area (Å²) in [6.45, 7) is 5.00. The first kappa shape index (κ1) is 9.75. The molecule has 2 aliphatic carbocycles. The number of ketones is 1. The van der Waals surface area contributed by atoms with E-state index in [9.17, 15) is 4.79 Å². The summed E-state index contributed by atoms with van der Waals surface area (Å²) in [4.78, 5) is 11.6. The van der Waals surface area contributed by atoms with Crippen molar-refractivity contribution in [2.24, 2.45) is 17.8 Å². The number of ether oxygens (including phenoxy) is 1. The first-order valence-corrected chi connectivity index (χ1v) is 5.56. The summed E-state index contributed by atoms with van der Waals surface area (Å²) in [5.74, 6) is 2.47. The monoisotopic (exact) mass is 194 g/mol. The van der Waals surface area contributed by atoms with Gasteiger partial charge in [-0.05, 0) is 18.8 Å². The minimum atomic E-state index is 0.261. The zero-order valence-electron chi connectivity index (χ0n) is 8.95. The minimum Gasteiger partial charge on any atom is -0.497 e. The molecule has 2 rings (SSSR count). The van der Waals surface area contributed by atoms with E-state index in [1.807, 2.05) is 0 Å². The van der Waals surface area contributed by atoms with E-state index in [0.29, 0.717) is 17.6 Å². The van der Waals surface area contributed by atoms with Gasteiger partial charge in [0.1, 0.15) is 5.76 Å². The van der Waals surface area contributed by atoms with Crippen LogP contribution in [0.25, 0.3) is 0 Å². The van der Waals surface area contributed by atoms with E-state index in [-0.39, 0.29) is 5.92 Å². The van der Waals surface area contributed by atoms with Crippen molar-refractivity contribution in [3.63, 3.8) is 0 Å². The molecule has 0 bridgehead atoms. The Hall–Kier alpha value is -0.790. The molecular formula is C12H18O2. The number of carbonyl (C=O) groups is 1. The molecule has 2 nitrogen and oxygen atoms in total. The molecule has 2 aliphatic rings. The van der Waals surface area contributed by atoms with Crippen molar-refractivity contribution in [2.75, 3.05) is 6.61 Å². The number of rotatable bonds is 3. The molecule has 0 heterocycles. The highest BCUT2D eigenvalue weighted by Gasteiger charge is 2.40. The van der Waals surface area contributed by atoms with E-state index in [0.717, 1.165) is 25.2 Å². The van der Waals surface area contributed by atoms with E-state index >= 15 is 0 Å². The van der Waals surface area contributed by atoms with E-state index in [4.69, 9.17) is 4.74 Å². The fourth-order valence-electron chi connectivity index (χ4n) is 2.41. The summed E-state index contributed by atoms with van der Waals surface area (Å²) in [5, 5.41) is 0. The second-order valence-electron chi connectivity index (χ2n) is 4.80. The van der Waals surface area contributed by atoms with Gasteiger partial charge in [-0.1, -0.05) is 20.3 Å². The first-order chi connectivity index (χ1) is 6.68. The van der Waals surface area contributed by atoms with E-state index < -0.39 is 0 Å². The van der Waals surface area contributed by atoms with Crippen molar-refractivity contribution in [3.8, 4) is 0 Å². The maximum Gasteiger partial charge on any atom is 0.162 e. The van der Waals surface area contributed by atoms with Gasteiger partial charge < -0.3 is 4.74 Å². The van der Waals surface area contributed by atoms with Gasteiger partial charge in [-0.2, -0.15) is 0 Å². The van der Waals surface area contributed by atoms with Crippen LogP contribution in [0.2, 0.25) is 0 Å². The van der Waals surface area contributed by atoms with E-state index in [1.165, 1.54) is 6.42 Å². The van der Waals surface area contributed by atoms with Crippen molar-refractivity contribution in [3.05, 3.63) is 11.8 Å². The van der Waals surface area contributed by atoms with Gasteiger partial charge >= 0.3 is 0 Å². The Morgan fingerprint density at radius 3 is 2.86 bits per heavy atom. The Kier molecular flexibility index (Phi) is 2.62. The van der Waals surface area contributed by atoms with Crippen LogP contribution in [0.5, 0.6) is 0 Å². The van der Waals surface area contributed by atoms with E-state index in [2.05, 4.69) is 13.8 Å². The molecule has 0 saturated heterocycles. The average molecular weight is 194 g/mol. The fraction of sp³-hybridized carbons (Fsp3) is 0.750. The predicted molar refractivity (Wildman–Crippen MR) is 54.7 cm³/mol. The summed E-state index contributed by atoms with van der Waals surface area (Å²) in [6.07, 6.45) is 5.12. The molecule has 0 spiro atoms. The van der Waals surface area contributed by atoms with E-state index in [1.54, 1.807) is 6.08 Å². The van der Waals surface area contributed by atoms with Gasteiger partial charge in [-0.25, -0.2) is 0 Å². The van der Waals surface area contributed by atoms with Crippen molar-refractivity contribution in [1.29, 1.82) is 0 Å². The smallest absolute Gasteiger partial charge is 0.162 e. The van der Waals surface area contributed by atoms with Crippen LogP contribution in [0.1, 0.15) is 33.1 Å². The Bertz CT molecular complexity index is 265. The molecule has 0 aromatic rings. The molecule has 14 heavy (non-hydrogen) atoms. The maximum absolute atomic E-state index is 11.6. The fourth-order valence-corrected chi connectivity index (χ4v) is 2.41. The molecule has 2 heteroatoms. The SMILES string of the molecule is CC(C)COC1=CC(=O)C2CCCC12. The second kappa shape index (κ2) is 3.76. The van der Waals surface area contributed by atoms with Crippen LogP contribution in [-0.4, -0.2) is 12.4 Å². The highest BCUT2D eigenvalue weighted by molar-refractivity contribution is 5.95. The zero-order valence-corrected chi connectivity index (χ0v) is 8.95. The van der Waals surface area contributed by atoms with Crippen LogP contribution in [0.3, 0.4) is 0 Å². The maximum atomic E-state index is 11.6. The third-order valence-corrected chi connectivity index (χ3v) is 3.11. The summed E-state index contributed by atoms with van der Waals surface area (Å²) in [7, 11) is 0. The zero-order chi connectivity index (χ0) is 10.1. The van der Waals surface area contributed by atoms with Gasteiger partial charge in [0.15, 0.2) is 5.78 Å². The van der Waals surface area contributed by atoms with Crippen molar-refractivity contribution in [1.82, 2.24) is 0 Å². The lowest BCUT2D eigenvalue weighted by Gasteiger charge is -2.15. The van der Waals surface area contributed by atoms with Gasteiger partial charge in [0.2, 0.25) is 0 Å². The Morgan fingerprint density at radius 1 is 1.43 bits per heavy atom. The first-order valence-electron chi connectivity index (χ1n) is 5.56. The molecule has 0 amide bonds. The molecule has 0 aromatic carbocycles. The molecular weight excluding hydrogens is 176 g/mol.